The molecule has 0 aliphatic heterocycles. The van der Waals surface area contributed by atoms with Crippen LogP contribution in [0.2, 0.25) is 0 Å². The summed E-state index contributed by atoms with van der Waals surface area (Å²) in [4.78, 5) is 8.38. The highest BCUT2D eigenvalue weighted by atomic mass is 19.3. The summed E-state index contributed by atoms with van der Waals surface area (Å²) in [5.41, 5.74) is 1.53. The van der Waals surface area contributed by atoms with Crippen LogP contribution in [0.3, 0.4) is 0 Å². The van der Waals surface area contributed by atoms with Crippen LogP contribution in [0.5, 0.6) is 5.75 Å². The molecule has 2 heterocycles. The number of hydrogen-bond donors (Lipinski definition) is 0. The van der Waals surface area contributed by atoms with Crippen molar-refractivity contribution in [3.8, 4) is 5.75 Å². The monoisotopic (exact) mass is 500 g/mol. The van der Waals surface area contributed by atoms with Gasteiger partial charge in [0.15, 0.2) is 12.4 Å². The lowest BCUT2D eigenvalue weighted by Gasteiger charge is -2.29. The van der Waals surface area contributed by atoms with Crippen LogP contribution in [0.4, 0.5) is 17.6 Å². The van der Waals surface area contributed by atoms with Crippen LogP contribution in [-0.4, -0.2) is 48.5 Å². The van der Waals surface area contributed by atoms with Gasteiger partial charge in [0.05, 0.1) is 13.1 Å². The molecule has 188 valence electrons. The highest BCUT2D eigenvalue weighted by Gasteiger charge is 2.41. The molecule has 0 aliphatic carbocycles. The molecule has 0 aliphatic rings. The van der Waals surface area contributed by atoms with Gasteiger partial charge in [0.2, 0.25) is 0 Å². The summed E-state index contributed by atoms with van der Waals surface area (Å²) in [7, 11) is 0. The maximum Gasteiger partial charge on any atom is 0.340 e. The van der Waals surface area contributed by atoms with Gasteiger partial charge in [-0.15, -0.1) is 0 Å². The van der Waals surface area contributed by atoms with E-state index in [2.05, 4.69) is 39.2 Å². The molecule has 0 unspecified atom stereocenters. The van der Waals surface area contributed by atoms with Gasteiger partial charge in [-0.2, -0.15) is 19.0 Å². The Kier molecular flexibility index (Phi) is 7.47. The number of ether oxygens (including phenoxy) is 1. The van der Waals surface area contributed by atoms with E-state index in [1.54, 1.807) is 46.3 Å². The van der Waals surface area contributed by atoms with Crippen LogP contribution in [0.25, 0.3) is 12.2 Å². The largest absolute Gasteiger partial charge is 0.487 e. The second-order valence-electron chi connectivity index (χ2n) is 8.57. The van der Waals surface area contributed by atoms with E-state index in [-0.39, 0.29) is 11.2 Å². The first-order valence-electron chi connectivity index (χ1n) is 11.1. The molecule has 0 radical (unpaired) electrons. The zero-order valence-corrected chi connectivity index (χ0v) is 19.4. The third-order valence-electron chi connectivity index (χ3n) is 5.57. The average Bonchev–Trinajstić information content (AvgIpc) is 3.54. The summed E-state index contributed by atoms with van der Waals surface area (Å²) in [6, 6.07) is 16.2. The fourth-order valence-electron chi connectivity index (χ4n) is 3.65. The molecule has 0 fully saturated rings. The number of aromatic nitrogens is 6. The van der Waals surface area contributed by atoms with Gasteiger partial charge < -0.3 is 4.74 Å². The van der Waals surface area contributed by atoms with Gasteiger partial charge in [-0.25, -0.2) is 18.7 Å². The van der Waals surface area contributed by atoms with Crippen molar-refractivity contribution in [2.75, 3.05) is 6.61 Å². The van der Waals surface area contributed by atoms with Gasteiger partial charge in [-0.05, 0) is 29.3 Å². The standard InChI is InChI=1S/C25H24F4N6O/c1-24(13-34-17-30-16-32-34,20-5-3-2-4-6-20)14-35-18-31-22(33-35)12-9-19-7-10-21(11-8-19)36-15-25(28,29)23(26)27/h2-12,16-18,23H,13-15H2,1H3/b12-9+/t24-/m0/s1. The summed E-state index contributed by atoms with van der Waals surface area (Å²) >= 11 is 0. The van der Waals surface area contributed by atoms with Gasteiger partial charge in [-0.1, -0.05) is 55.5 Å². The zero-order valence-electron chi connectivity index (χ0n) is 19.4. The highest BCUT2D eigenvalue weighted by molar-refractivity contribution is 5.66. The van der Waals surface area contributed by atoms with Crippen molar-refractivity contribution in [1.29, 1.82) is 0 Å². The molecule has 2 aromatic carbocycles. The van der Waals surface area contributed by atoms with E-state index in [1.165, 1.54) is 18.5 Å². The third kappa shape index (κ3) is 6.35. The zero-order chi connectivity index (χ0) is 25.6. The first-order chi connectivity index (χ1) is 17.2. The molecule has 0 amide bonds. The van der Waals surface area contributed by atoms with Crippen LogP contribution in [0, 0.1) is 0 Å². The molecule has 7 nitrogen and oxygen atoms in total. The van der Waals surface area contributed by atoms with Gasteiger partial charge >= 0.3 is 12.3 Å². The minimum Gasteiger partial charge on any atom is -0.487 e. The topological polar surface area (TPSA) is 70.7 Å². The van der Waals surface area contributed by atoms with Crippen molar-refractivity contribution in [1.82, 2.24) is 29.5 Å². The molecular weight excluding hydrogens is 476 g/mol. The second kappa shape index (κ2) is 10.7. The fraction of sp³-hybridized carbons (Fsp3) is 0.280. The van der Waals surface area contributed by atoms with Gasteiger partial charge in [0.25, 0.3) is 0 Å². The highest BCUT2D eigenvalue weighted by Crippen LogP contribution is 2.28. The minimum atomic E-state index is -4.20. The van der Waals surface area contributed by atoms with Gasteiger partial charge in [0.1, 0.15) is 24.7 Å². The Morgan fingerprint density at radius 1 is 0.944 bits per heavy atom. The Morgan fingerprint density at radius 2 is 1.67 bits per heavy atom. The van der Waals surface area contributed by atoms with E-state index in [1.807, 2.05) is 18.2 Å². The number of rotatable bonds is 11. The van der Waals surface area contributed by atoms with Crippen molar-refractivity contribution >= 4 is 12.2 Å². The Hall–Kier alpha value is -4.02. The van der Waals surface area contributed by atoms with E-state index in [9.17, 15) is 17.6 Å². The molecule has 1 atom stereocenters. The molecule has 0 spiro atoms. The van der Waals surface area contributed by atoms with Crippen molar-refractivity contribution in [3.05, 3.63) is 90.5 Å². The summed E-state index contributed by atoms with van der Waals surface area (Å²) in [5, 5.41) is 8.79. The smallest absolute Gasteiger partial charge is 0.340 e. The normalized spacial score (nSPS) is 13.8. The molecule has 0 saturated carbocycles. The van der Waals surface area contributed by atoms with E-state index in [0.717, 1.165) is 11.1 Å². The molecule has 11 heteroatoms. The summed E-state index contributed by atoms with van der Waals surface area (Å²) < 4.78 is 58.8. The first-order valence-corrected chi connectivity index (χ1v) is 11.1. The predicted octanol–water partition coefficient (Wildman–Crippen LogP) is 4.98. The van der Waals surface area contributed by atoms with E-state index in [4.69, 9.17) is 4.74 Å². The van der Waals surface area contributed by atoms with Crippen molar-refractivity contribution in [2.24, 2.45) is 0 Å². The maximum atomic E-state index is 13.0. The Balaban J connectivity index is 1.41. The molecule has 0 bridgehead atoms. The minimum absolute atomic E-state index is 0.0717. The SMILES string of the molecule is C[C@](Cn1cncn1)(Cn1cnc(/C=C/c2ccc(OCC(F)(F)C(F)F)cc2)n1)c1ccccc1. The van der Waals surface area contributed by atoms with E-state index >= 15 is 0 Å². The molecule has 2 aromatic heterocycles. The Bertz CT molecular complexity index is 1260. The number of nitrogens with zero attached hydrogens (tertiary/aromatic N) is 6. The van der Waals surface area contributed by atoms with Gasteiger partial charge in [0, 0.05) is 5.41 Å². The number of hydrogen-bond acceptors (Lipinski definition) is 5. The van der Waals surface area contributed by atoms with Crippen LogP contribution in [-0.2, 0) is 18.5 Å². The van der Waals surface area contributed by atoms with Crippen LogP contribution in [0.15, 0.2) is 73.6 Å². The van der Waals surface area contributed by atoms with Crippen molar-refractivity contribution < 1.29 is 22.3 Å². The molecule has 4 rings (SSSR count). The number of alkyl halides is 4. The van der Waals surface area contributed by atoms with Gasteiger partial charge in [-0.3, -0.25) is 9.36 Å². The maximum absolute atomic E-state index is 13.0. The van der Waals surface area contributed by atoms with E-state index < -0.39 is 19.0 Å². The van der Waals surface area contributed by atoms with Crippen molar-refractivity contribution in [3.63, 3.8) is 0 Å². The summed E-state index contributed by atoms with van der Waals surface area (Å²) in [5.74, 6) is -3.64. The lowest BCUT2D eigenvalue weighted by molar-refractivity contribution is -0.148. The first kappa shape index (κ1) is 25.1. The lowest BCUT2D eigenvalue weighted by Crippen LogP contribution is -2.34. The average molecular weight is 501 g/mol. The third-order valence-corrected chi connectivity index (χ3v) is 5.57. The van der Waals surface area contributed by atoms with Crippen LogP contribution in [0.1, 0.15) is 23.9 Å². The Morgan fingerprint density at radius 3 is 2.33 bits per heavy atom. The van der Waals surface area contributed by atoms with Crippen LogP contribution < -0.4 is 4.74 Å². The van der Waals surface area contributed by atoms with E-state index in [0.29, 0.717) is 18.9 Å². The number of benzene rings is 2. The quantitative estimate of drug-likeness (QED) is 0.272. The molecule has 0 N–H and O–H groups in total. The Labute approximate surface area is 205 Å². The van der Waals surface area contributed by atoms with Crippen LogP contribution >= 0.6 is 0 Å². The molecule has 36 heavy (non-hydrogen) atoms. The summed E-state index contributed by atoms with van der Waals surface area (Å²) in [6.45, 7) is 1.88. The predicted molar refractivity (Wildman–Crippen MR) is 126 cm³/mol. The number of halogens is 4. The molecular formula is C25H24F4N6O. The fourth-order valence-corrected chi connectivity index (χ4v) is 3.65. The summed E-state index contributed by atoms with van der Waals surface area (Å²) in [6.07, 6.45) is 4.53. The van der Waals surface area contributed by atoms with Crippen molar-refractivity contribution in [2.45, 2.75) is 37.8 Å². The molecule has 0 saturated heterocycles. The lowest BCUT2D eigenvalue weighted by atomic mass is 9.82. The second-order valence-corrected chi connectivity index (χ2v) is 8.57. The molecule has 4 aromatic rings.